The van der Waals surface area contributed by atoms with Crippen molar-refractivity contribution >= 4 is 11.6 Å². The van der Waals surface area contributed by atoms with Crippen molar-refractivity contribution in [3.05, 3.63) is 59.7 Å². The lowest BCUT2D eigenvalue weighted by molar-refractivity contribution is -0.115. The fourth-order valence-corrected chi connectivity index (χ4v) is 1.73. The summed E-state index contributed by atoms with van der Waals surface area (Å²) in [6.07, 6.45) is 3.44. The summed E-state index contributed by atoms with van der Waals surface area (Å²) < 4.78 is 13.7. The molecule has 0 fully saturated rings. The third-order valence-electron chi connectivity index (χ3n) is 2.67. The predicted octanol–water partition coefficient (Wildman–Crippen LogP) is 1.71. The molecular weight excluding hydrogens is 269 g/mol. The maximum atomic E-state index is 13.7. The number of benzene rings is 1. The summed E-state index contributed by atoms with van der Waals surface area (Å²) in [5.74, 6) is 4.48. The van der Waals surface area contributed by atoms with E-state index < -0.39 is 5.82 Å². The van der Waals surface area contributed by atoms with Crippen molar-refractivity contribution in [2.45, 2.75) is 6.42 Å². The summed E-state index contributed by atoms with van der Waals surface area (Å²) in [5.41, 5.74) is 6.67. The van der Waals surface area contributed by atoms with Gasteiger partial charge >= 0.3 is 0 Å². The molecule has 5 heteroatoms. The average Bonchev–Trinajstić information content (AvgIpc) is 2.47. The molecule has 2 aromatic rings. The maximum Gasteiger partial charge on any atom is 0.228 e. The smallest absolute Gasteiger partial charge is 0.228 e. The summed E-state index contributed by atoms with van der Waals surface area (Å²) in [6.45, 7) is 0.170. The van der Waals surface area contributed by atoms with Gasteiger partial charge < -0.3 is 11.1 Å². The lowest BCUT2D eigenvalue weighted by Crippen LogP contribution is -2.14. The molecule has 0 saturated carbocycles. The van der Waals surface area contributed by atoms with E-state index in [9.17, 15) is 9.18 Å². The number of nitrogens with zero attached hydrogens (tertiary/aromatic N) is 1. The third kappa shape index (κ3) is 4.41. The first-order valence-electron chi connectivity index (χ1n) is 6.36. The highest BCUT2D eigenvalue weighted by Crippen LogP contribution is 2.14. The molecule has 106 valence electrons. The van der Waals surface area contributed by atoms with Gasteiger partial charge in [0.05, 0.1) is 18.5 Å². The van der Waals surface area contributed by atoms with Gasteiger partial charge in [0.25, 0.3) is 0 Å². The molecule has 0 aliphatic rings. The van der Waals surface area contributed by atoms with Crippen molar-refractivity contribution in [1.82, 2.24) is 4.98 Å². The van der Waals surface area contributed by atoms with Crippen molar-refractivity contribution in [3.8, 4) is 11.8 Å². The summed E-state index contributed by atoms with van der Waals surface area (Å²) in [5, 5.41) is 2.63. The molecule has 0 radical (unpaired) electrons. The van der Waals surface area contributed by atoms with E-state index in [1.165, 1.54) is 12.1 Å². The van der Waals surface area contributed by atoms with Crippen LogP contribution in [0.2, 0.25) is 0 Å². The number of aromatic nitrogens is 1. The van der Waals surface area contributed by atoms with Crippen LogP contribution in [0.1, 0.15) is 11.1 Å². The molecule has 0 spiro atoms. The summed E-state index contributed by atoms with van der Waals surface area (Å²) in [6, 6.07) is 7.91. The fourth-order valence-electron chi connectivity index (χ4n) is 1.73. The van der Waals surface area contributed by atoms with Gasteiger partial charge in [-0.2, -0.15) is 0 Å². The number of hydrogen-bond donors (Lipinski definition) is 2. The average molecular weight is 283 g/mol. The lowest BCUT2D eigenvalue weighted by atomic mass is 10.1. The first-order valence-corrected chi connectivity index (χ1v) is 6.36. The summed E-state index contributed by atoms with van der Waals surface area (Å²) in [7, 11) is 0. The summed E-state index contributed by atoms with van der Waals surface area (Å²) in [4.78, 5) is 15.8. The number of amides is 1. The van der Waals surface area contributed by atoms with E-state index >= 15 is 0 Å². The molecule has 0 unspecified atom stereocenters. The fraction of sp³-hybridized carbons (Fsp3) is 0.125. The zero-order chi connectivity index (χ0) is 15.1. The first-order chi connectivity index (χ1) is 10.2. The molecule has 2 rings (SSSR count). The van der Waals surface area contributed by atoms with E-state index in [-0.39, 0.29) is 24.4 Å². The Bertz CT molecular complexity index is 690. The van der Waals surface area contributed by atoms with Gasteiger partial charge in [0.1, 0.15) is 5.82 Å². The Labute approximate surface area is 122 Å². The van der Waals surface area contributed by atoms with Gasteiger partial charge in [0, 0.05) is 18.1 Å². The zero-order valence-electron chi connectivity index (χ0n) is 11.3. The van der Waals surface area contributed by atoms with E-state index in [2.05, 4.69) is 22.1 Å². The number of halogens is 1. The third-order valence-corrected chi connectivity index (χ3v) is 2.67. The van der Waals surface area contributed by atoms with E-state index in [4.69, 9.17) is 5.73 Å². The highest BCUT2D eigenvalue weighted by Gasteiger charge is 2.06. The van der Waals surface area contributed by atoms with Gasteiger partial charge in [-0.05, 0) is 29.8 Å². The Hall–Kier alpha value is -2.71. The van der Waals surface area contributed by atoms with Crippen molar-refractivity contribution in [3.63, 3.8) is 0 Å². The molecule has 1 aromatic carbocycles. The number of nitrogens with one attached hydrogen (secondary N) is 1. The van der Waals surface area contributed by atoms with Gasteiger partial charge in [-0.1, -0.05) is 17.9 Å². The Morgan fingerprint density at radius 3 is 2.90 bits per heavy atom. The van der Waals surface area contributed by atoms with Crippen molar-refractivity contribution in [2.24, 2.45) is 5.73 Å². The molecule has 1 heterocycles. The van der Waals surface area contributed by atoms with Crippen LogP contribution in [0.4, 0.5) is 10.1 Å². The highest BCUT2D eigenvalue weighted by molar-refractivity contribution is 5.92. The highest BCUT2D eigenvalue weighted by atomic mass is 19.1. The SMILES string of the molecule is NCC#Cc1ccc(NC(=O)Cc2cccnc2)cc1F. The Morgan fingerprint density at radius 2 is 2.24 bits per heavy atom. The molecular formula is C16H14FN3O. The van der Waals surface area contributed by atoms with Crippen molar-refractivity contribution in [1.29, 1.82) is 0 Å². The van der Waals surface area contributed by atoms with Crippen LogP contribution in [0.25, 0.3) is 0 Å². The van der Waals surface area contributed by atoms with Crippen LogP contribution in [-0.2, 0) is 11.2 Å². The normalized spacial score (nSPS) is 9.62. The number of carbonyl (C=O) groups excluding carboxylic acids is 1. The lowest BCUT2D eigenvalue weighted by Gasteiger charge is -2.06. The molecule has 0 bridgehead atoms. The predicted molar refractivity (Wildman–Crippen MR) is 78.9 cm³/mol. The Morgan fingerprint density at radius 1 is 1.38 bits per heavy atom. The van der Waals surface area contributed by atoms with E-state index in [0.717, 1.165) is 5.56 Å². The van der Waals surface area contributed by atoms with E-state index in [1.54, 1.807) is 30.6 Å². The molecule has 3 N–H and O–H groups in total. The van der Waals surface area contributed by atoms with Gasteiger partial charge in [-0.25, -0.2) is 4.39 Å². The Balaban J connectivity index is 2.03. The van der Waals surface area contributed by atoms with E-state index in [0.29, 0.717) is 5.69 Å². The number of hydrogen-bond acceptors (Lipinski definition) is 3. The van der Waals surface area contributed by atoms with Crippen LogP contribution >= 0.6 is 0 Å². The quantitative estimate of drug-likeness (QED) is 0.843. The van der Waals surface area contributed by atoms with E-state index in [1.807, 2.05) is 0 Å². The monoisotopic (exact) mass is 283 g/mol. The van der Waals surface area contributed by atoms with Crippen LogP contribution in [0.3, 0.4) is 0 Å². The second kappa shape index (κ2) is 7.17. The first kappa shape index (κ1) is 14.7. The minimum Gasteiger partial charge on any atom is -0.326 e. The van der Waals surface area contributed by atoms with Gasteiger partial charge in [0.15, 0.2) is 0 Å². The standard InChI is InChI=1S/C16H14FN3O/c17-15-10-14(6-5-13(15)4-1-7-18)20-16(21)9-12-3-2-8-19-11-12/h2-3,5-6,8,10-11H,7,9,18H2,(H,20,21). The molecule has 1 aromatic heterocycles. The zero-order valence-corrected chi connectivity index (χ0v) is 11.3. The molecule has 0 saturated heterocycles. The minimum absolute atomic E-state index is 0.170. The van der Waals surface area contributed by atoms with Crippen LogP contribution in [0.15, 0.2) is 42.7 Å². The molecule has 0 atom stereocenters. The number of rotatable bonds is 3. The van der Waals surface area contributed by atoms with Crippen molar-refractivity contribution in [2.75, 3.05) is 11.9 Å². The molecule has 0 aliphatic carbocycles. The molecule has 21 heavy (non-hydrogen) atoms. The van der Waals surface area contributed by atoms with Gasteiger partial charge in [-0.3, -0.25) is 9.78 Å². The maximum absolute atomic E-state index is 13.7. The van der Waals surface area contributed by atoms with Gasteiger partial charge in [-0.15, -0.1) is 0 Å². The summed E-state index contributed by atoms with van der Waals surface area (Å²) >= 11 is 0. The number of nitrogens with two attached hydrogens (primary N) is 1. The number of anilines is 1. The van der Waals surface area contributed by atoms with Crippen LogP contribution in [-0.4, -0.2) is 17.4 Å². The number of carbonyl (C=O) groups is 1. The topological polar surface area (TPSA) is 68.0 Å². The van der Waals surface area contributed by atoms with Crippen LogP contribution in [0, 0.1) is 17.7 Å². The molecule has 4 nitrogen and oxygen atoms in total. The molecule has 1 amide bonds. The van der Waals surface area contributed by atoms with Crippen LogP contribution < -0.4 is 11.1 Å². The van der Waals surface area contributed by atoms with Crippen molar-refractivity contribution < 1.29 is 9.18 Å². The second-order valence-electron chi connectivity index (χ2n) is 4.29. The Kier molecular flexibility index (Phi) is 5.02. The molecule has 0 aliphatic heterocycles. The number of pyridine rings is 1. The largest absolute Gasteiger partial charge is 0.326 e. The second-order valence-corrected chi connectivity index (χ2v) is 4.29. The van der Waals surface area contributed by atoms with Gasteiger partial charge in [0.2, 0.25) is 5.91 Å². The minimum atomic E-state index is -0.491. The van der Waals surface area contributed by atoms with Crippen LogP contribution in [0.5, 0.6) is 0 Å².